The third-order valence-corrected chi connectivity index (χ3v) is 3.16. The lowest BCUT2D eigenvalue weighted by Crippen LogP contribution is -2.33. The van der Waals surface area contributed by atoms with E-state index in [1.165, 1.54) is 0 Å². The van der Waals surface area contributed by atoms with Crippen LogP contribution in [0.25, 0.3) is 0 Å². The van der Waals surface area contributed by atoms with E-state index in [2.05, 4.69) is 6.92 Å². The molecule has 1 aromatic carbocycles. The minimum absolute atomic E-state index is 0.00451. The van der Waals surface area contributed by atoms with Gasteiger partial charge in [-0.2, -0.15) is 0 Å². The van der Waals surface area contributed by atoms with Gasteiger partial charge in [0.2, 0.25) is 0 Å². The second-order valence-corrected chi connectivity index (χ2v) is 4.94. The molecule has 1 aromatic rings. The van der Waals surface area contributed by atoms with Crippen molar-refractivity contribution < 1.29 is 19.4 Å². The van der Waals surface area contributed by atoms with Gasteiger partial charge in [0.05, 0.1) is 0 Å². The SMILES string of the molecule is CCCN(C(=O)c1cccc(OCC(=O)O)c1)C1CC1. The van der Waals surface area contributed by atoms with Gasteiger partial charge in [-0.3, -0.25) is 4.79 Å². The molecule has 108 valence electrons. The Balaban J connectivity index is 2.08. The fourth-order valence-electron chi connectivity index (χ4n) is 2.11. The highest BCUT2D eigenvalue weighted by atomic mass is 16.5. The number of carboxylic acid groups (broad SMARTS) is 1. The van der Waals surface area contributed by atoms with Gasteiger partial charge < -0.3 is 14.7 Å². The van der Waals surface area contributed by atoms with Gasteiger partial charge in [0.25, 0.3) is 5.91 Å². The molecule has 0 aliphatic heterocycles. The lowest BCUT2D eigenvalue weighted by molar-refractivity contribution is -0.139. The van der Waals surface area contributed by atoms with Crippen LogP contribution in [0.15, 0.2) is 24.3 Å². The molecule has 0 saturated heterocycles. The predicted molar refractivity (Wildman–Crippen MR) is 73.9 cm³/mol. The van der Waals surface area contributed by atoms with Crippen LogP contribution in [0.2, 0.25) is 0 Å². The predicted octanol–water partition coefficient (Wildman–Crippen LogP) is 2.16. The number of rotatable bonds is 7. The summed E-state index contributed by atoms with van der Waals surface area (Å²) in [4.78, 5) is 24.8. The number of amides is 1. The highest BCUT2D eigenvalue weighted by Crippen LogP contribution is 2.29. The maximum atomic E-state index is 12.5. The minimum Gasteiger partial charge on any atom is -0.482 e. The van der Waals surface area contributed by atoms with Crippen molar-refractivity contribution in [3.8, 4) is 5.75 Å². The Labute approximate surface area is 118 Å². The number of aliphatic carboxylic acids is 1. The fraction of sp³-hybridized carbons (Fsp3) is 0.467. The van der Waals surface area contributed by atoms with Crippen molar-refractivity contribution in [1.29, 1.82) is 0 Å². The molecule has 5 nitrogen and oxygen atoms in total. The molecule has 1 fully saturated rings. The molecule has 1 aliphatic rings. The van der Waals surface area contributed by atoms with Crippen molar-refractivity contribution in [2.75, 3.05) is 13.2 Å². The molecule has 2 rings (SSSR count). The monoisotopic (exact) mass is 277 g/mol. The third kappa shape index (κ3) is 3.73. The van der Waals surface area contributed by atoms with Gasteiger partial charge in [0.15, 0.2) is 6.61 Å². The van der Waals surface area contributed by atoms with E-state index in [9.17, 15) is 9.59 Å². The largest absolute Gasteiger partial charge is 0.482 e. The summed E-state index contributed by atoms with van der Waals surface area (Å²) >= 11 is 0. The molecule has 20 heavy (non-hydrogen) atoms. The van der Waals surface area contributed by atoms with Crippen LogP contribution in [0.3, 0.4) is 0 Å². The zero-order valence-corrected chi connectivity index (χ0v) is 11.5. The smallest absolute Gasteiger partial charge is 0.341 e. The Kier molecular flexibility index (Phi) is 4.61. The van der Waals surface area contributed by atoms with Crippen molar-refractivity contribution in [1.82, 2.24) is 4.90 Å². The Morgan fingerprint density at radius 3 is 2.75 bits per heavy atom. The van der Waals surface area contributed by atoms with Gasteiger partial charge in [-0.1, -0.05) is 13.0 Å². The molecule has 0 atom stereocenters. The minimum atomic E-state index is -1.03. The van der Waals surface area contributed by atoms with Crippen molar-refractivity contribution in [2.45, 2.75) is 32.2 Å². The van der Waals surface area contributed by atoms with Crippen LogP contribution < -0.4 is 4.74 Å². The molecule has 0 spiro atoms. The van der Waals surface area contributed by atoms with Crippen molar-refractivity contribution >= 4 is 11.9 Å². The van der Waals surface area contributed by atoms with Crippen molar-refractivity contribution in [3.63, 3.8) is 0 Å². The maximum absolute atomic E-state index is 12.5. The number of carbonyl (C=O) groups excluding carboxylic acids is 1. The summed E-state index contributed by atoms with van der Waals surface area (Å²) in [6, 6.07) is 7.07. The van der Waals surface area contributed by atoms with E-state index in [0.717, 1.165) is 25.8 Å². The van der Waals surface area contributed by atoms with Gasteiger partial charge >= 0.3 is 5.97 Å². The first-order valence-electron chi connectivity index (χ1n) is 6.87. The lowest BCUT2D eigenvalue weighted by Gasteiger charge is -2.22. The summed E-state index contributed by atoms with van der Waals surface area (Å²) in [5.74, 6) is -0.632. The van der Waals surface area contributed by atoms with Crippen LogP contribution in [0.4, 0.5) is 0 Å². The summed E-state index contributed by atoms with van der Waals surface area (Å²) in [5.41, 5.74) is 0.549. The van der Waals surface area contributed by atoms with Crippen LogP contribution in [0.1, 0.15) is 36.5 Å². The molecule has 1 amide bonds. The van der Waals surface area contributed by atoms with E-state index in [0.29, 0.717) is 17.4 Å². The van der Waals surface area contributed by atoms with E-state index in [1.54, 1.807) is 24.3 Å². The van der Waals surface area contributed by atoms with E-state index in [1.807, 2.05) is 4.90 Å². The van der Waals surface area contributed by atoms with Gasteiger partial charge in [-0.05, 0) is 37.5 Å². The number of nitrogens with zero attached hydrogens (tertiary/aromatic N) is 1. The average molecular weight is 277 g/mol. The number of ether oxygens (including phenoxy) is 1. The molecule has 5 heteroatoms. The highest BCUT2D eigenvalue weighted by Gasteiger charge is 2.32. The molecule has 1 aliphatic carbocycles. The maximum Gasteiger partial charge on any atom is 0.341 e. The molecule has 0 unspecified atom stereocenters. The average Bonchev–Trinajstić information content (AvgIpc) is 3.26. The number of carboxylic acids is 1. The topological polar surface area (TPSA) is 66.8 Å². The number of hydrogen-bond donors (Lipinski definition) is 1. The Bertz CT molecular complexity index is 496. The Hall–Kier alpha value is -2.04. The van der Waals surface area contributed by atoms with Crippen LogP contribution in [-0.4, -0.2) is 41.1 Å². The molecule has 1 saturated carbocycles. The summed E-state index contributed by atoms with van der Waals surface area (Å²) in [7, 11) is 0. The zero-order valence-electron chi connectivity index (χ0n) is 11.5. The van der Waals surface area contributed by atoms with E-state index in [4.69, 9.17) is 9.84 Å². The zero-order chi connectivity index (χ0) is 14.5. The Morgan fingerprint density at radius 2 is 2.15 bits per heavy atom. The third-order valence-electron chi connectivity index (χ3n) is 3.16. The molecule has 0 heterocycles. The summed E-state index contributed by atoms with van der Waals surface area (Å²) < 4.78 is 5.10. The summed E-state index contributed by atoms with van der Waals surface area (Å²) in [6.07, 6.45) is 3.07. The normalized spacial score (nSPS) is 13.8. The quantitative estimate of drug-likeness (QED) is 0.829. The number of carbonyl (C=O) groups is 2. The lowest BCUT2D eigenvalue weighted by atomic mass is 10.2. The van der Waals surface area contributed by atoms with Crippen molar-refractivity contribution in [2.24, 2.45) is 0 Å². The highest BCUT2D eigenvalue weighted by molar-refractivity contribution is 5.95. The van der Waals surface area contributed by atoms with Gasteiger partial charge in [-0.15, -0.1) is 0 Å². The standard InChI is InChI=1S/C15H19NO4/c1-2-8-16(12-6-7-12)15(19)11-4-3-5-13(9-11)20-10-14(17)18/h3-5,9,12H,2,6-8,10H2,1H3,(H,17,18). The molecular weight excluding hydrogens is 258 g/mol. The number of benzene rings is 1. The molecule has 0 bridgehead atoms. The first-order valence-corrected chi connectivity index (χ1v) is 6.87. The summed E-state index contributed by atoms with van der Waals surface area (Å²) in [6.45, 7) is 2.40. The molecule has 0 aromatic heterocycles. The first-order chi connectivity index (χ1) is 9.61. The second kappa shape index (κ2) is 6.41. The van der Waals surface area contributed by atoms with Crippen LogP contribution >= 0.6 is 0 Å². The van der Waals surface area contributed by atoms with Crippen molar-refractivity contribution in [3.05, 3.63) is 29.8 Å². The molecule has 1 N–H and O–H groups in total. The summed E-state index contributed by atoms with van der Waals surface area (Å²) in [5, 5.41) is 8.59. The van der Waals surface area contributed by atoms with Gasteiger partial charge in [0.1, 0.15) is 5.75 Å². The second-order valence-electron chi connectivity index (χ2n) is 4.94. The van der Waals surface area contributed by atoms with E-state index >= 15 is 0 Å². The van der Waals surface area contributed by atoms with E-state index < -0.39 is 12.6 Å². The van der Waals surface area contributed by atoms with Gasteiger partial charge in [0, 0.05) is 18.2 Å². The fourth-order valence-corrected chi connectivity index (χ4v) is 2.11. The van der Waals surface area contributed by atoms with Gasteiger partial charge in [-0.25, -0.2) is 4.79 Å². The molecule has 0 radical (unpaired) electrons. The van der Waals surface area contributed by atoms with Crippen LogP contribution in [0.5, 0.6) is 5.75 Å². The van der Waals surface area contributed by atoms with Crippen LogP contribution in [0, 0.1) is 0 Å². The molecular formula is C15H19NO4. The van der Waals surface area contributed by atoms with Crippen LogP contribution in [-0.2, 0) is 4.79 Å². The number of hydrogen-bond acceptors (Lipinski definition) is 3. The Morgan fingerprint density at radius 1 is 1.40 bits per heavy atom. The first kappa shape index (κ1) is 14.4. The van der Waals surface area contributed by atoms with E-state index in [-0.39, 0.29) is 5.91 Å².